The standard InChI is InChI=1S/C16H19FN4O3/c1-11(22)19-10-21-9-13(16(23)24-21)12-2-3-15(14(17)8-12)20-6-4-18-5-7-20/h2-3,8-9,18H,4-7,10H2,1H3,(H,19,22). The van der Waals surface area contributed by atoms with Gasteiger partial charge in [-0.25, -0.2) is 9.18 Å². The maximum Gasteiger partial charge on any atom is 0.365 e. The first-order valence-corrected chi connectivity index (χ1v) is 7.75. The predicted molar refractivity (Wildman–Crippen MR) is 87.3 cm³/mol. The first-order valence-electron chi connectivity index (χ1n) is 7.75. The Balaban J connectivity index is 1.83. The van der Waals surface area contributed by atoms with Crippen LogP contribution in [0, 0.1) is 5.82 Å². The molecular formula is C16H19FN4O3. The number of halogens is 1. The lowest BCUT2D eigenvalue weighted by Crippen LogP contribution is -2.43. The third-order valence-corrected chi connectivity index (χ3v) is 3.89. The topological polar surface area (TPSA) is 79.5 Å². The number of piperazine rings is 1. The van der Waals surface area contributed by atoms with Gasteiger partial charge in [-0.3, -0.25) is 4.79 Å². The molecule has 8 heteroatoms. The Morgan fingerprint density at radius 3 is 2.79 bits per heavy atom. The van der Waals surface area contributed by atoms with E-state index in [2.05, 4.69) is 10.6 Å². The summed E-state index contributed by atoms with van der Waals surface area (Å²) in [6.45, 7) is 4.53. The molecule has 0 radical (unpaired) electrons. The quantitative estimate of drug-likeness (QED) is 0.863. The van der Waals surface area contributed by atoms with Crippen LogP contribution in [0.4, 0.5) is 10.1 Å². The van der Waals surface area contributed by atoms with Gasteiger partial charge in [0.05, 0.1) is 17.4 Å². The van der Waals surface area contributed by atoms with Gasteiger partial charge < -0.3 is 20.1 Å². The largest absolute Gasteiger partial charge is 0.367 e. The Kier molecular flexibility index (Phi) is 4.66. The number of aromatic nitrogens is 1. The van der Waals surface area contributed by atoms with Crippen LogP contribution in [0.5, 0.6) is 0 Å². The summed E-state index contributed by atoms with van der Waals surface area (Å²) in [7, 11) is 0. The monoisotopic (exact) mass is 334 g/mol. The number of anilines is 1. The summed E-state index contributed by atoms with van der Waals surface area (Å²) in [5.74, 6) is -0.609. The van der Waals surface area contributed by atoms with Crippen molar-refractivity contribution in [2.75, 3.05) is 31.1 Å². The highest BCUT2D eigenvalue weighted by Gasteiger charge is 2.17. The minimum Gasteiger partial charge on any atom is -0.367 e. The molecule has 0 atom stereocenters. The molecule has 0 aliphatic carbocycles. The van der Waals surface area contributed by atoms with Crippen LogP contribution in [0.2, 0.25) is 0 Å². The van der Waals surface area contributed by atoms with E-state index in [9.17, 15) is 14.0 Å². The van der Waals surface area contributed by atoms with Crippen LogP contribution in [0.25, 0.3) is 11.1 Å². The van der Waals surface area contributed by atoms with Gasteiger partial charge in [0.15, 0.2) is 0 Å². The van der Waals surface area contributed by atoms with E-state index in [0.717, 1.165) is 26.2 Å². The molecule has 3 rings (SSSR count). The SMILES string of the molecule is CC(=O)NCn1cc(-c2ccc(N3CCNCC3)c(F)c2)c(=O)o1. The van der Waals surface area contributed by atoms with Crippen molar-refractivity contribution in [2.45, 2.75) is 13.6 Å². The van der Waals surface area contributed by atoms with Gasteiger partial charge in [0.2, 0.25) is 5.91 Å². The van der Waals surface area contributed by atoms with Crippen molar-refractivity contribution in [3.63, 3.8) is 0 Å². The van der Waals surface area contributed by atoms with Crippen molar-refractivity contribution in [1.29, 1.82) is 0 Å². The van der Waals surface area contributed by atoms with Gasteiger partial charge in [-0.1, -0.05) is 6.07 Å². The van der Waals surface area contributed by atoms with E-state index >= 15 is 0 Å². The molecule has 24 heavy (non-hydrogen) atoms. The van der Waals surface area contributed by atoms with Crippen LogP contribution in [-0.2, 0) is 11.5 Å². The first kappa shape index (κ1) is 16.3. The molecule has 1 aromatic heterocycles. The molecule has 0 spiro atoms. The fourth-order valence-electron chi connectivity index (χ4n) is 2.67. The summed E-state index contributed by atoms with van der Waals surface area (Å²) in [6, 6.07) is 4.72. The van der Waals surface area contributed by atoms with Crippen LogP contribution in [0.1, 0.15) is 6.92 Å². The molecule has 2 aromatic rings. The predicted octanol–water partition coefficient (Wildman–Crippen LogP) is 0.751. The summed E-state index contributed by atoms with van der Waals surface area (Å²) in [4.78, 5) is 24.8. The van der Waals surface area contributed by atoms with Crippen molar-refractivity contribution in [2.24, 2.45) is 0 Å². The lowest BCUT2D eigenvalue weighted by atomic mass is 10.1. The number of carbonyl (C=O) groups is 1. The van der Waals surface area contributed by atoms with E-state index in [1.807, 2.05) is 4.90 Å². The van der Waals surface area contributed by atoms with Gasteiger partial charge in [0, 0.05) is 33.1 Å². The van der Waals surface area contributed by atoms with E-state index in [0.29, 0.717) is 11.3 Å². The number of benzene rings is 1. The average molecular weight is 334 g/mol. The molecule has 7 nitrogen and oxygen atoms in total. The fraction of sp³-hybridized carbons (Fsp3) is 0.375. The van der Waals surface area contributed by atoms with Crippen LogP contribution < -0.4 is 21.2 Å². The summed E-state index contributed by atoms with van der Waals surface area (Å²) in [5, 5.41) is 5.74. The smallest absolute Gasteiger partial charge is 0.365 e. The molecule has 1 fully saturated rings. The second kappa shape index (κ2) is 6.88. The molecule has 0 unspecified atom stereocenters. The lowest BCUT2D eigenvalue weighted by molar-refractivity contribution is -0.119. The molecule has 0 saturated carbocycles. The third kappa shape index (κ3) is 3.48. The van der Waals surface area contributed by atoms with E-state index < -0.39 is 5.63 Å². The number of hydrogen-bond donors (Lipinski definition) is 2. The van der Waals surface area contributed by atoms with Crippen molar-refractivity contribution in [1.82, 2.24) is 15.4 Å². The maximum absolute atomic E-state index is 14.5. The zero-order valence-corrected chi connectivity index (χ0v) is 13.3. The second-order valence-electron chi connectivity index (χ2n) is 5.63. The van der Waals surface area contributed by atoms with Gasteiger partial charge in [-0.2, -0.15) is 4.74 Å². The highest BCUT2D eigenvalue weighted by atomic mass is 19.1. The molecule has 1 aromatic carbocycles. The molecule has 2 N–H and O–H groups in total. The summed E-state index contributed by atoms with van der Waals surface area (Å²) in [5.41, 5.74) is 0.657. The average Bonchev–Trinajstić information content (AvgIpc) is 2.94. The van der Waals surface area contributed by atoms with Crippen LogP contribution in [-0.4, -0.2) is 36.8 Å². The Morgan fingerprint density at radius 2 is 2.12 bits per heavy atom. The van der Waals surface area contributed by atoms with E-state index in [1.165, 1.54) is 23.9 Å². The normalized spacial score (nSPS) is 14.7. The first-order chi connectivity index (χ1) is 11.5. The molecule has 128 valence electrons. The molecular weight excluding hydrogens is 315 g/mol. The molecule has 2 heterocycles. The van der Waals surface area contributed by atoms with Crippen molar-refractivity contribution < 1.29 is 13.7 Å². The molecule has 0 bridgehead atoms. The third-order valence-electron chi connectivity index (χ3n) is 3.89. The number of rotatable bonds is 4. The summed E-state index contributed by atoms with van der Waals surface area (Å²) in [6.07, 6.45) is 1.46. The second-order valence-corrected chi connectivity index (χ2v) is 5.63. The van der Waals surface area contributed by atoms with Crippen LogP contribution in [0.15, 0.2) is 33.7 Å². The molecule has 1 amide bonds. The minimum atomic E-state index is -0.574. The van der Waals surface area contributed by atoms with Crippen LogP contribution >= 0.6 is 0 Å². The lowest BCUT2D eigenvalue weighted by Gasteiger charge is -2.29. The van der Waals surface area contributed by atoms with Gasteiger partial charge in [-0.15, -0.1) is 0 Å². The molecule has 1 saturated heterocycles. The molecule has 1 aliphatic rings. The van der Waals surface area contributed by atoms with Crippen molar-refractivity contribution in [3.05, 3.63) is 40.6 Å². The van der Waals surface area contributed by atoms with Gasteiger partial charge in [0.25, 0.3) is 0 Å². The number of nitrogens with zero attached hydrogens (tertiary/aromatic N) is 2. The zero-order valence-electron chi connectivity index (χ0n) is 13.3. The van der Waals surface area contributed by atoms with Crippen molar-refractivity contribution in [3.8, 4) is 11.1 Å². The summed E-state index contributed by atoms with van der Waals surface area (Å²) < 4.78 is 20.7. The Bertz CT molecular complexity index is 793. The van der Waals surface area contributed by atoms with Gasteiger partial charge >= 0.3 is 5.63 Å². The number of carbonyl (C=O) groups excluding carboxylic acids is 1. The van der Waals surface area contributed by atoms with Gasteiger partial charge in [0.1, 0.15) is 12.5 Å². The zero-order chi connectivity index (χ0) is 17.1. The Hall–Kier alpha value is -2.61. The Labute approximate surface area is 138 Å². The van der Waals surface area contributed by atoms with E-state index in [-0.39, 0.29) is 24.0 Å². The maximum atomic E-state index is 14.5. The minimum absolute atomic E-state index is 0.0475. The van der Waals surface area contributed by atoms with Gasteiger partial charge in [-0.05, 0) is 17.7 Å². The number of amides is 1. The van der Waals surface area contributed by atoms with E-state index in [4.69, 9.17) is 4.52 Å². The fourth-order valence-corrected chi connectivity index (χ4v) is 2.67. The number of hydrogen-bond acceptors (Lipinski definition) is 5. The Morgan fingerprint density at radius 1 is 1.38 bits per heavy atom. The highest BCUT2D eigenvalue weighted by molar-refractivity contribution is 5.72. The highest BCUT2D eigenvalue weighted by Crippen LogP contribution is 2.25. The van der Waals surface area contributed by atoms with Crippen LogP contribution in [0.3, 0.4) is 0 Å². The number of nitrogens with one attached hydrogen (secondary N) is 2. The van der Waals surface area contributed by atoms with E-state index in [1.54, 1.807) is 12.1 Å². The molecule has 1 aliphatic heterocycles. The summed E-state index contributed by atoms with van der Waals surface area (Å²) >= 11 is 0. The van der Waals surface area contributed by atoms with Crippen molar-refractivity contribution >= 4 is 11.6 Å².